The fourth-order valence-electron chi connectivity index (χ4n) is 2.30. The zero-order valence-electron chi connectivity index (χ0n) is 11.4. The van der Waals surface area contributed by atoms with Crippen LogP contribution < -0.4 is 15.8 Å². The Morgan fingerprint density at radius 1 is 1.47 bits per heavy atom. The Balaban J connectivity index is 2.55. The maximum Gasteiger partial charge on any atom is 0.208 e. The second-order valence-electron chi connectivity index (χ2n) is 4.94. The summed E-state index contributed by atoms with van der Waals surface area (Å²) in [5.74, 6) is 0.594. The van der Waals surface area contributed by atoms with Gasteiger partial charge < -0.3 is 11.1 Å². The van der Waals surface area contributed by atoms with Gasteiger partial charge >= 0.3 is 0 Å². The molecule has 0 saturated heterocycles. The number of rotatable bonds is 6. The highest BCUT2D eigenvalue weighted by Crippen LogP contribution is 2.25. The molecule has 7 heteroatoms. The van der Waals surface area contributed by atoms with E-state index in [2.05, 4.69) is 21.6 Å². The van der Waals surface area contributed by atoms with Crippen molar-refractivity contribution in [3.63, 3.8) is 0 Å². The lowest BCUT2D eigenvalue weighted by Crippen LogP contribution is -2.43. The smallest absolute Gasteiger partial charge is 0.208 e. The Morgan fingerprint density at radius 3 is 2.79 bits per heavy atom. The molecule has 1 saturated carbocycles. The second kappa shape index (κ2) is 7.49. The van der Waals surface area contributed by atoms with E-state index in [-0.39, 0.29) is 12.0 Å². The highest BCUT2D eigenvalue weighted by atomic mass is 32.2. The van der Waals surface area contributed by atoms with Crippen molar-refractivity contribution in [3.8, 4) is 0 Å². The standard InChI is InChI=1S/C12H24N4O2S/c1-3-8-14-12(13)15-9-10-6-4-5-7-11(10)16-19(2,17)18/h3,10-11,16H,1,4-9H2,2H3,(H3,13,14,15). The molecule has 0 radical (unpaired) electrons. The highest BCUT2D eigenvalue weighted by Gasteiger charge is 2.27. The van der Waals surface area contributed by atoms with E-state index >= 15 is 0 Å². The van der Waals surface area contributed by atoms with E-state index in [1.54, 1.807) is 6.08 Å². The minimum atomic E-state index is -3.17. The molecule has 1 fully saturated rings. The van der Waals surface area contributed by atoms with E-state index in [9.17, 15) is 8.42 Å². The van der Waals surface area contributed by atoms with Crippen LogP contribution in [0.4, 0.5) is 0 Å². The molecule has 2 unspecified atom stereocenters. The molecule has 4 N–H and O–H groups in total. The Labute approximate surface area is 115 Å². The van der Waals surface area contributed by atoms with Crippen molar-refractivity contribution in [1.82, 2.24) is 10.0 Å². The van der Waals surface area contributed by atoms with Gasteiger partial charge in [-0.2, -0.15) is 0 Å². The first-order chi connectivity index (χ1) is 8.92. The molecule has 0 amide bonds. The number of nitrogens with one attached hydrogen (secondary N) is 2. The molecular weight excluding hydrogens is 264 g/mol. The summed E-state index contributed by atoms with van der Waals surface area (Å²) in [6.45, 7) is 4.70. The van der Waals surface area contributed by atoms with Crippen LogP contribution in [0.25, 0.3) is 0 Å². The van der Waals surface area contributed by atoms with Crippen molar-refractivity contribution in [3.05, 3.63) is 12.7 Å². The number of hydrogen-bond acceptors (Lipinski definition) is 3. The molecule has 1 rings (SSSR count). The molecule has 0 aromatic rings. The maximum absolute atomic E-state index is 11.3. The van der Waals surface area contributed by atoms with Gasteiger partial charge in [0, 0.05) is 19.1 Å². The van der Waals surface area contributed by atoms with Crippen LogP contribution >= 0.6 is 0 Å². The van der Waals surface area contributed by atoms with Gasteiger partial charge in [0.1, 0.15) is 0 Å². The van der Waals surface area contributed by atoms with Crippen molar-refractivity contribution in [2.75, 3.05) is 19.3 Å². The number of aliphatic imine (C=N–C) groups is 1. The van der Waals surface area contributed by atoms with Crippen LogP contribution in [0.5, 0.6) is 0 Å². The Hall–Kier alpha value is -1.08. The van der Waals surface area contributed by atoms with Crippen LogP contribution in [0.3, 0.4) is 0 Å². The lowest BCUT2D eigenvalue weighted by Gasteiger charge is -2.30. The SMILES string of the molecule is C=CCNC(N)=NCC1CCCCC1NS(C)(=O)=O. The molecule has 0 spiro atoms. The first kappa shape index (κ1) is 16.0. The summed E-state index contributed by atoms with van der Waals surface area (Å²) in [5, 5.41) is 2.91. The summed E-state index contributed by atoms with van der Waals surface area (Å²) >= 11 is 0. The molecule has 1 aliphatic carbocycles. The monoisotopic (exact) mass is 288 g/mol. The van der Waals surface area contributed by atoms with Gasteiger partial charge in [0.25, 0.3) is 0 Å². The van der Waals surface area contributed by atoms with Gasteiger partial charge in [-0.25, -0.2) is 13.1 Å². The largest absolute Gasteiger partial charge is 0.370 e. The van der Waals surface area contributed by atoms with Gasteiger partial charge in [0.05, 0.1) is 6.26 Å². The number of nitrogens with two attached hydrogens (primary N) is 1. The Morgan fingerprint density at radius 2 is 2.16 bits per heavy atom. The normalized spacial score (nSPS) is 25.0. The molecule has 0 aliphatic heterocycles. The molecule has 2 atom stereocenters. The molecular formula is C12H24N4O2S. The Bertz CT molecular complexity index is 419. The van der Waals surface area contributed by atoms with Crippen molar-refractivity contribution in [2.45, 2.75) is 31.7 Å². The molecule has 0 aromatic carbocycles. The number of sulfonamides is 1. The van der Waals surface area contributed by atoms with Gasteiger partial charge in [-0.15, -0.1) is 6.58 Å². The fraction of sp³-hybridized carbons (Fsp3) is 0.750. The van der Waals surface area contributed by atoms with Gasteiger partial charge in [0.15, 0.2) is 5.96 Å². The van der Waals surface area contributed by atoms with Gasteiger partial charge in [-0.1, -0.05) is 18.9 Å². The van der Waals surface area contributed by atoms with Crippen LogP contribution in [0.1, 0.15) is 25.7 Å². The summed E-state index contributed by atoms with van der Waals surface area (Å²) in [6.07, 6.45) is 6.91. The predicted molar refractivity (Wildman–Crippen MR) is 78.4 cm³/mol. The highest BCUT2D eigenvalue weighted by molar-refractivity contribution is 7.88. The van der Waals surface area contributed by atoms with E-state index in [0.717, 1.165) is 25.7 Å². The quantitative estimate of drug-likeness (QED) is 0.369. The van der Waals surface area contributed by atoms with Crippen molar-refractivity contribution >= 4 is 16.0 Å². The summed E-state index contributed by atoms with van der Waals surface area (Å²) < 4.78 is 25.4. The third kappa shape index (κ3) is 6.58. The van der Waals surface area contributed by atoms with Gasteiger partial charge in [0.2, 0.25) is 10.0 Å². The molecule has 1 aliphatic rings. The van der Waals surface area contributed by atoms with Crippen LogP contribution in [-0.2, 0) is 10.0 Å². The third-order valence-electron chi connectivity index (χ3n) is 3.20. The summed E-state index contributed by atoms with van der Waals surface area (Å²) in [5.41, 5.74) is 5.70. The molecule has 0 bridgehead atoms. The lowest BCUT2D eigenvalue weighted by molar-refractivity contribution is 0.297. The van der Waals surface area contributed by atoms with E-state index in [4.69, 9.17) is 5.73 Å². The van der Waals surface area contributed by atoms with E-state index in [0.29, 0.717) is 19.0 Å². The topological polar surface area (TPSA) is 96.6 Å². The van der Waals surface area contributed by atoms with Gasteiger partial charge in [-0.3, -0.25) is 4.99 Å². The number of hydrogen-bond donors (Lipinski definition) is 3. The minimum absolute atomic E-state index is 0.0281. The first-order valence-electron chi connectivity index (χ1n) is 6.54. The Kier molecular flexibility index (Phi) is 6.30. The predicted octanol–water partition coefficient (Wildman–Crippen LogP) is 0.185. The average molecular weight is 288 g/mol. The van der Waals surface area contributed by atoms with E-state index in [1.807, 2.05) is 0 Å². The number of guanidine groups is 1. The summed E-state index contributed by atoms with van der Waals surface area (Å²) in [7, 11) is -3.17. The van der Waals surface area contributed by atoms with E-state index in [1.165, 1.54) is 6.26 Å². The second-order valence-corrected chi connectivity index (χ2v) is 6.72. The maximum atomic E-state index is 11.3. The molecule has 0 aromatic heterocycles. The van der Waals surface area contributed by atoms with Crippen LogP contribution in [0.15, 0.2) is 17.6 Å². The fourth-order valence-corrected chi connectivity index (χ4v) is 3.16. The molecule has 6 nitrogen and oxygen atoms in total. The molecule has 19 heavy (non-hydrogen) atoms. The number of nitrogens with zero attached hydrogens (tertiary/aromatic N) is 1. The third-order valence-corrected chi connectivity index (χ3v) is 3.93. The molecule has 0 heterocycles. The summed E-state index contributed by atoms with van der Waals surface area (Å²) in [4.78, 5) is 4.27. The van der Waals surface area contributed by atoms with Crippen LogP contribution in [0.2, 0.25) is 0 Å². The zero-order chi connectivity index (χ0) is 14.3. The van der Waals surface area contributed by atoms with Crippen molar-refractivity contribution in [1.29, 1.82) is 0 Å². The zero-order valence-corrected chi connectivity index (χ0v) is 12.2. The van der Waals surface area contributed by atoms with Crippen molar-refractivity contribution in [2.24, 2.45) is 16.6 Å². The van der Waals surface area contributed by atoms with Crippen LogP contribution in [0, 0.1) is 5.92 Å². The molecule has 110 valence electrons. The first-order valence-corrected chi connectivity index (χ1v) is 8.43. The minimum Gasteiger partial charge on any atom is -0.370 e. The van der Waals surface area contributed by atoms with E-state index < -0.39 is 10.0 Å². The van der Waals surface area contributed by atoms with Crippen molar-refractivity contribution < 1.29 is 8.42 Å². The summed E-state index contributed by atoms with van der Waals surface area (Å²) in [6, 6.07) is -0.0281. The van der Waals surface area contributed by atoms with Gasteiger partial charge in [-0.05, 0) is 18.8 Å². The lowest BCUT2D eigenvalue weighted by atomic mass is 9.85. The van der Waals surface area contributed by atoms with Crippen LogP contribution in [-0.4, -0.2) is 39.8 Å². The average Bonchev–Trinajstić information content (AvgIpc) is 2.33.